The Morgan fingerprint density at radius 2 is 0.952 bits per heavy atom. The zero-order valence-electron chi connectivity index (χ0n) is 15.6. The van der Waals surface area contributed by atoms with Gasteiger partial charge in [-0.15, -0.1) is 0 Å². The Hall–Kier alpha value is 0. The topological polar surface area (TPSA) is 0 Å². The second kappa shape index (κ2) is 10.7. The quantitative estimate of drug-likeness (QED) is 0.463. The third-order valence-electron chi connectivity index (χ3n) is 5.65. The molecule has 21 heavy (non-hydrogen) atoms. The van der Waals surface area contributed by atoms with E-state index in [1.165, 1.54) is 89.9 Å². The molecule has 0 unspecified atom stereocenters. The van der Waals surface area contributed by atoms with Crippen LogP contribution in [0.25, 0.3) is 0 Å². The highest BCUT2D eigenvalue weighted by Gasteiger charge is 2.23. The zero-order chi connectivity index (χ0) is 15.6. The van der Waals surface area contributed by atoms with Gasteiger partial charge in [-0.3, -0.25) is 0 Å². The van der Waals surface area contributed by atoms with Gasteiger partial charge in [0, 0.05) is 0 Å². The number of hydrogen-bond acceptors (Lipinski definition) is 0. The fraction of sp³-hybridized carbons (Fsp3) is 1.00. The Morgan fingerprint density at radius 3 is 1.10 bits per heavy atom. The summed E-state index contributed by atoms with van der Waals surface area (Å²) < 4.78 is 0. The molecule has 0 aromatic carbocycles. The Balaban J connectivity index is 0.000000153. The lowest BCUT2D eigenvalue weighted by molar-refractivity contribution is 0.208. The molecule has 0 amide bonds. The minimum atomic E-state index is 0.720. The highest BCUT2D eigenvalue weighted by Crippen LogP contribution is 2.38. The third-order valence-corrected chi connectivity index (χ3v) is 5.65. The molecule has 0 atom stereocenters. The van der Waals surface area contributed by atoms with E-state index in [0.717, 1.165) is 17.3 Å². The van der Waals surface area contributed by atoms with Crippen LogP contribution in [0.4, 0.5) is 0 Å². The summed E-state index contributed by atoms with van der Waals surface area (Å²) in [5, 5.41) is 0. The lowest BCUT2D eigenvalue weighted by atomic mass is 9.74. The molecule has 4 rings (SSSR count). The molecular formula is C21H42. The van der Waals surface area contributed by atoms with E-state index in [1.54, 1.807) is 0 Å². The molecular weight excluding hydrogens is 252 g/mol. The highest BCUT2D eigenvalue weighted by molar-refractivity contribution is 4.76. The van der Waals surface area contributed by atoms with Crippen molar-refractivity contribution in [2.45, 2.75) is 118 Å². The standard InChI is InChI=1S/C9H18.3C4H8/c1-3-9(2)7-5-4-6-8-9;2*1-4-2-3-4;1-2-4-3-1/h3-8H2,1-2H3;2*4H,2-3H2,1H3;1-4H2. The van der Waals surface area contributed by atoms with Crippen LogP contribution in [-0.2, 0) is 0 Å². The second-order valence-electron chi connectivity index (χ2n) is 8.50. The molecule has 4 aliphatic carbocycles. The molecule has 0 aromatic rings. The van der Waals surface area contributed by atoms with Gasteiger partial charge in [0.1, 0.15) is 0 Å². The van der Waals surface area contributed by atoms with Crippen LogP contribution in [0, 0.1) is 17.3 Å². The van der Waals surface area contributed by atoms with Gasteiger partial charge in [0.15, 0.2) is 0 Å². The van der Waals surface area contributed by atoms with E-state index in [0.29, 0.717) is 0 Å². The lowest BCUT2D eigenvalue weighted by Gasteiger charge is -2.32. The monoisotopic (exact) mass is 294 g/mol. The van der Waals surface area contributed by atoms with E-state index in [2.05, 4.69) is 27.7 Å². The summed E-state index contributed by atoms with van der Waals surface area (Å²) >= 11 is 0. The Labute approximate surface area is 135 Å². The van der Waals surface area contributed by atoms with Gasteiger partial charge < -0.3 is 0 Å². The summed E-state index contributed by atoms with van der Waals surface area (Å²) in [7, 11) is 0. The smallest absolute Gasteiger partial charge is 0.0328 e. The summed E-state index contributed by atoms with van der Waals surface area (Å²) in [5.41, 5.74) is 0.720. The molecule has 0 N–H and O–H groups in total. The van der Waals surface area contributed by atoms with Crippen molar-refractivity contribution in [3.05, 3.63) is 0 Å². The zero-order valence-corrected chi connectivity index (χ0v) is 15.6. The van der Waals surface area contributed by atoms with Crippen LogP contribution in [-0.4, -0.2) is 0 Å². The van der Waals surface area contributed by atoms with Crippen LogP contribution in [0.5, 0.6) is 0 Å². The molecule has 0 bridgehead atoms. The lowest BCUT2D eigenvalue weighted by Crippen LogP contribution is -2.18. The predicted octanol–water partition coefficient (Wildman–Crippen LogP) is 7.76. The largest absolute Gasteiger partial charge is 0.0649 e. The van der Waals surface area contributed by atoms with E-state index in [-0.39, 0.29) is 0 Å². The summed E-state index contributed by atoms with van der Waals surface area (Å²) in [5.74, 6) is 2.17. The maximum Gasteiger partial charge on any atom is -0.0328 e. The molecule has 4 saturated carbocycles. The van der Waals surface area contributed by atoms with Crippen molar-refractivity contribution in [2.24, 2.45) is 17.3 Å². The minimum absolute atomic E-state index is 0.720. The van der Waals surface area contributed by atoms with E-state index >= 15 is 0 Å². The van der Waals surface area contributed by atoms with Gasteiger partial charge in [0.25, 0.3) is 0 Å². The molecule has 4 aliphatic rings. The van der Waals surface area contributed by atoms with Gasteiger partial charge in [-0.25, -0.2) is 0 Å². The first-order valence-corrected chi connectivity index (χ1v) is 10.1. The van der Waals surface area contributed by atoms with Crippen LogP contribution in [0.2, 0.25) is 0 Å². The Morgan fingerprint density at radius 1 is 0.667 bits per heavy atom. The maximum atomic E-state index is 2.44. The van der Waals surface area contributed by atoms with Gasteiger partial charge in [-0.1, -0.05) is 105 Å². The molecule has 0 aliphatic heterocycles. The fourth-order valence-corrected chi connectivity index (χ4v) is 2.34. The molecule has 0 saturated heterocycles. The fourth-order valence-electron chi connectivity index (χ4n) is 2.34. The van der Waals surface area contributed by atoms with Gasteiger partial charge in [0.05, 0.1) is 0 Å². The van der Waals surface area contributed by atoms with Crippen molar-refractivity contribution in [2.75, 3.05) is 0 Å². The molecule has 0 radical (unpaired) electrons. The van der Waals surface area contributed by atoms with Gasteiger partial charge >= 0.3 is 0 Å². The molecule has 0 heterocycles. The Bertz CT molecular complexity index is 210. The van der Waals surface area contributed by atoms with E-state index in [4.69, 9.17) is 0 Å². The van der Waals surface area contributed by atoms with Crippen LogP contribution in [0.3, 0.4) is 0 Å². The molecule has 0 heteroatoms. The SMILES string of the molecule is C1CCC1.CC1CC1.CC1CC1.CCC1(C)CCCCC1. The molecule has 0 spiro atoms. The summed E-state index contributed by atoms with van der Waals surface area (Å²) in [6.45, 7) is 9.32. The van der Waals surface area contributed by atoms with E-state index in [9.17, 15) is 0 Å². The average Bonchev–Trinajstić information content (AvgIpc) is 3.31. The van der Waals surface area contributed by atoms with E-state index in [1.807, 2.05) is 0 Å². The van der Waals surface area contributed by atoms with Crippen LogP contribution in [0.1, 0.15) is 118 Å². The van der Waals surface area contributed by atoms with Crippen molar-refractivity contribution in [3.8, 4) is 0 Å². The van der Waals surface area contributed by atoms with Gasteiger partial charge in [-0.05, 0) is 30.1 Å². The first kappa shape index (κ1) is 19.0. The summed E-state index contributed by atoms with van der Waals surface area (Å²) in [4.78, 5) is 0. The van der Waals surface area contributed by atoms with Crippen molar-refractivity contribution >= 4 is 0 Å². The third kappa shape index (κ3) is 12.2. The first-order valence-electron chi connectivity index (χ1n) is 10.1. The number of rotatable bonds is 1. The minimum Gasteiger partial charge on any atom is -0.0649 e. The van der Waals surface area contributed by atoms with Crippen molar-refractivity contribution in [1.82, 2.24) is 0 Å². The molecule has 0 aromatic heterocycles. The summed E-state index contributed by atoms with van der Waals surface area (Å²) in [6, 6.07) is 0. The molecule has 4 fully saturated rings. The number of hydrogen-bond donors (Lipinski definition) is 0. The van der Waals surface area contributed by atoms with Gasteiger partial charge in [-0.2, -0.15) is 0 Å². The van der Waals surface area contributed by atoms with Gasteiger partial charge in [0.2, 0.25) is 0 Å². The molecule has 126 valence electrons. The first-order chi connectivity index (χ1) is 10.1. The maximum absolute atomic E-state index is 2.44. The average molecular weight is 295 g/mol. The Kier molecular flexibility index (Phi) is 9.69. The predicted molar refractivity (Wildman–Crippen MR) is 96.7 cm³/mol. The van der Waals surface area contributed by atoms with Crippen molar-refractivity contribution < 1.29 is 0 Å². The normalized spacial score (nSPS) is 25.7. The van der Waals surface area contributed by atoms with E-state index < -0.39 is 0 Å². The van der Waals surface area contributed by atoms with Crippen LogP contribution in [0.15, 0.2) is 0 Å². The van der Waals surface area contributed by atoms with Crippen molar-refractivity contribution in [1.29, 1.82) is 0 Å². The highest BCUT2D eigenvalue weighted by atomic mass is 14.3. The van der Waals surface area contributed by atoms with Crippen LogP contribution < -0.4 is 0 Å². The second-order valence-corrected chi connectivity index (χ2v) is 8.50. The summed E-state index contributed by atoms with van der Waals surface area (Å²) in [6.07, 6.45) is 20.7. The van der Waals surface area contributed by atoms with Crippen molar-refractivity contribution in [3.63, 3.8) is 0 Å². The molecule has 0 nitrogen and oxygen atoms in total. The van der Waals surface area contributed by atoms with Crippen LogP contribution >= 0.6 is 0 Å².